The summed E-state index contributed by atoms with van der Waals surface area (Å²) in [6, 6.07) is 19.2. The predicted octanol–water partition coefficient (Wildman–Crippen LogP) is 3.85. The molecule has 0 spiro atoms. The highest BCUT2D eigenvalue weighted by Crippen LogP contribution is 2.37. The molecule has 1 aliphatic rings. The number of benzene rings is 2. The summed E-state index contributed by atoms with van der Waals surface area (Å²) >= 11 is 0. The Morgan fingerprint density at radius 3 is 2.50 bits per heavy atom. The van der Waals surface area contributed by atoms with Crippen molar-refractivity contribution in [1.82, 2.24) is 9.78 Å². The van der Waals surface area contributed by atoms with Crippen molar-refractivity contribution >= 4 is 0 Å². The van der Waals surface area contributed by atoms with E-state index in [9.17, 15) is 0 Å². The molecular formula is C18H16N2. The Balaban J connectivity index is 1.97. The number of rotatable bonds is 1. The molecule has 2 heteroatoms. The van der Waals surface area contributed by atoms with Crippen LogP contribution < -0.4 is 0 Å². The van der Waals surface area contributed by atoms with Crippen LogP contribution in [-0.4, -0.2) is 9.78 Å². The van der Waals surface area contributed by atoms with Crippen molar-refractivity contribution in [2.75, 3.05) is 0 Å². The lowest BCUT2D eigenvalue weighted by molar-refractivity contribution is 0.779. The first-order valence-electron chi connectivity index (χ1n) is 7.04. The van der Waals surface area contributed by atoms with Gasteiger partial charge < -0.3 is 0 Å². The van der Waals surface area contributed by atoms with E-state index >= 15 is 0 Å². The molecule has 0 fully saturated rings. The zero-order valence-corrected chi connectivity index (χ0v) is 11.5. The van der Waals surface area contributed by atoms with Crippen LogP contribution in [0, 0.1) is 0 Å². The van der Waals surface area contributed by atoms with Crippen molar-refractivity contribution < 1.29 is 0 Å². The van der Waals surface area contributed by atoms with E-state index in [0.29, 0.717) is 0 Å². The molecule has 0 amide bonds. The maximum Gasteiger partial charge on any atom is 0.0964 e. The number of hydrogen-bond donors (Lipinski definition) is 0. The Labute approximate surface area is 118 Å². The lowest BCUT2D eigenvalue weighted by Gasteiger charge is -2.15. The Bertz CT molecular complexity index is 769. The fourth-order valence-electron chi connectivity index (χ4n) is 3.21. The first-order valence-corrected chi connectivity index (χ1v) is 7.04. The van der Waals surface area contributed by atoms with E-state index < -0.39 is 0 Å². The van der Waals surface area contributed by atoms with Gasteiger partial charge in [0.2, 0.25) is 0 Å². The summed E-state index contributed by atoms with van der Waals surface area (Å²) in [4.78, 5) is 0. The smallest absolute Gasteiger partial charge is 0.0964 e. The van der Waals surface area contributed by atoms with E-state index in [0.717, 1.165) is 18.5 Å². The van der Waals surface area contributed by atoms with Crippen molar-refractivity contribution in [1.29, 1.82) is 0 Å². The Hall–Kier alpha value is -2.35. The van der Waals surface area contributed by atoms with Crippen LogP contribution in [0.2, 0.25) is 0 Å². The first-order chi connectivity index (χ1) is 9.84. The highest BCUT2D eigenvalue weighted by atomic mass is 15.3. The van der Waals surface area contributed by atoms with Crippen molar-refractivity contribution in [2.24, 2.45) is 7.05 Å². The molecule has 0 saturated heterocycles. The number of hydrogen-bond acceptors (Lipinski definition) is 1. The molecule has 2 nitrogen and oxygen atoms in total. The fourth-order valence-corrected chi connectivity index (χ4v) is 3.21. The van der Waals surface area contributed by atoms with Crippen LogP contribution in [0.15, 0.2) is 54.6 Å². The van der Waals surface area contributed by atoms with Gasteiger partial charge in [-0.3, -0.25) is 4.68 Å². The summed E-state index contributed by atoms with van der Waals surface area (Å²) in [6.07, 6.45) is 2.18. The topological polar surface area (TPSA) is 17.8 Å². The van der Waals surface area contributed by atoms with Crippen molar-refractivity contribution in [3.05, 3.63) is 65.7 Å². The largest absolute Gasteiger partial charge is 0.267 e. The third-order valence-corrected chi connectivity index (χ3v) is 4.11. The van der Waals surface area contributed by atoms with Crippen LogP contribution in [0.5, 0.6) is 0 Å². The third-order valence-electron chi connectivity index (χ3n) is 4.11. The molecule has 1 aromatic heterocycles. The van der Waals surface area contributed by atoms with Crippen molar-refractivity contribution in [2.45, 2.75) is 12.8 Å². The minimum absolute atomic E-state index is 1.07. The molecule has 0 radical (unpaired) electrons. The van der Waals surface area contributed by atoms with Gasteiger partial charge in [-0.2, -0.15) is 5.10 Å². The van der Waals surface area contributed by atoms with Crippen molar-refractivity contribution in [3.63, 3.8) is 0 Å². The van der Waals surface area contributed by atoms with E-state index in [1.165, 1.54) is 27.9 Å². The molecule has 4 rings (SSSR count). The van der Waals surface area contributed by atoms with Gasteiger partial charge in [0.15, 0.2) is 0 Å². The van der Waals surface area contributed by atoms with E-state index in [1.54, 1.807) is 0 Å². The summed E-state index contributed by atoms with van der Waals surface area (Å²) in [5.41, 5.74) is 7.77. The summed E-state index contributed by atoms with van der Waals surface area (Å²) < 4.78 is 2.03. The molecule has 0 bridgehead atoms. The number of nitrogens with zero attached hydrogens (tertiary/aromatic N) is 2. The zero-order chi connectivity index (χ0) is 13.5. The standard InChI is InChI=1S/C18H16N2/c1-20-18(14-8-3-2-4-9-14)16-12-11-13-7-5-6-10-15(13)17(16)19-20/h2-10H,11-12H2,1H3. The van der Waals surface area contributed by atoms with E-state index in [-0.39, 0.29) is 0 Å². The number of aryl methyl sites for hydroxylation is 2. The quantitative estimate of drug-likeness (QED) is 0.649. The van der Waals surface area contributed by atoms with Crippen LogP contribution >= 0.6 is 0 Å². The summed E-state index contributed by atoms with van der Waals surface area (Å²) in [5, 5.41) is 4.79. The predicted molar refractivity (Wildman–Crippen MR) is 81.5 cm³/mol. The summed E-state index contributed by atoms with van der Waals surface area (Å²) in [5.74, 6) is 0. The molecule has 1 aliphatic carbocycles. The molecular weight excluding hydrogens is 244 g/mol. The van der Waals surface area contributed by atoms with Gasteiger partial charge in [-0.15, -0.1) is 0 Å². The van der Waals surface area contributed by atoms with Crippen LogP contribution in [0.1, 0.15) is 11.1 Å². The zero-order valence-electron chi connectivity index (χ0n) is 11.5. The molecule has 1 heterocycles. The van der Waals surface area contributed by atoms with Crippen LogP contribution in [0.4, 0.5) is 0 Å². The number of aromatic nitrogens is 2. The van der Waals surface area contributed by atoms with Crippen LogP contribution in [-0.2, 0) is 19.9 Å². The molecule has 98 valence electrons. The van der Waals surface area contributed by atoms with Gasteiger partial charge in [0.05, 0.1) is 11.4 Å². The molecule has 0 aliphatic heterocycles. The second kappa shape index (κ2) is 4.34. The Morgan fingerprint density at radius 1 is 0.900 bits per heavy atom. The Kier molecular flexibility index (Phi) is 2.49. The molecule has 0 N–H and O–H groups in total. The molecule has 2 aromatic carbocycles. The second-order valence-corrected chi connectivity index (χ2v) is 5.32. The number of fused-ring (bicyclic) bond motifs is 3. The molecule has 20 heavy (non-hydrogen) atoms. The van der Waals surface area contributed by atoms with E-state index in [1.807, 2.05) is 11.7 Å². The monoisotopic (exact) mass is 260 g/mol. The second-order valence-electron chi connectivity index (χ2n) is 5.32. The minimum Gasteiger partial charge on any atom is -0.267 e. The third kappa shape index (κ3) is 1.61. The molecule has 0 atom stereocenters. The average Bonchev–Trinajstić information content (AvgIpc) is 2.84. The highest BCUT2D eigenvalue weighted by Gasteiger charge is 2.23. The first kappa shape index (κ1) is 11.5. The fraction of sp³-hybridized carbons (Fsp3) is 0.167. The summed E-state index contributed by atoms with van der Waals surface area (Å²) in [7, 11) is 2.04. The van der Waals surface area contributed by atoms with Crippen LogP contribution in [0.25, 0.3) is 22.5 Å². The van der Waals surface area contributed by atoms with Crippen molar-refractivity contribution in [3.8, 4) is 22.5 Å². The molecule has 0 unspecified atom stereocenters. The van der Waals surface area contributed by atoms with Gasteiger partial charge in [0.1, 0.15) is 0 Å². The average molecular weight is 260 g/mol. The summed E-state index contributed by atoms with van der Waals surface area (Å²) in [6.45, 7) is 0. The van der Waals surface area contributed by atoms with Gasteiger partial charge in [-0.25, -0.2) is 0 Å². The highest BCUT2D eigenvalue weighted by molar-refractivity contribution is 5.78. The maximum atomic E-state index is 4.79. The minimum atomic E-state index is 1.07. The van der Waals surface area contributed by atoms with Gasteiger partial charge in [-0.1, -0.05) is 54.6 Å². The van der Waals surface area contributed by atoms with E-state index in [4.69, 9.17) is 5.10 Å². The van der Waals surface area contributed by atoms with Gasteiger partial charge in [0.25, 0.3) is 0 Å². The SMILES string of the molecule is Cn1nc2c(c1-c1ccccc1)CCc1ccccc1-2. The normalized spacial score (nSPS) is 12.8. The lowest BCUT2D eigenvalue weighted by Crippen LogP contribution is -2.03. The lowest BCUT2D eigenvalue weighted by atomic mass is 9.88. The Morgan fingerprint density at radius 2 is 1.65 bits per heavy atom. The maximum absolute atomic E-state index is 4.79. The van der Waals surface area contributed by atoms with Gasteiger partial charge in [0, 0.05) is 23.7 Å². The van der Waals surface area contributed by atoms with Gasteiger partial charge >= 0.3 is 0 Å². The van der Waals surface area contributed by atoms with Crippen LogP contribution in [0.3, 0.4) is 0 Å². The van der Waals surface area contributed by atoms with Gasteiger partial charge in [-0.05, 0) is 18.4 Å². The molecule has 3 aromatic rings. The van der Waals surface area contributed by atoms with E-state index in [2.05, 4.69) is 54.6 Å². The molecule has 0 saturated carbocycles.